The summed E-state index contributed by atoms with van der Waals surface area (Å²) in [5.74, 6) is 0.0272. The first-order chi connectivity index (χ1) is 11.2. The lowest BCUT2D eigenvalue weighted by Crippen LogP contribution is -2.28. The van der Waals surface area contributed by atoms with E-state index in [4.69, 9.17) is 0 Å². The molecule has 1 saturated heterocycles. The van der Waals surface area contributed by atoms with E-state index in [0.29, 0.717) is 6.42 Å². The summed E-state index contributed by atoms with van der Waals surface area (Å²) in [4.78, 5) is 19.2. The van der Waals surface area contributed by atoms with E-state index < -0.39 is 0 Å². The molecule has 0 saturated carbocycles. The number of carbonyl (C=O) groups is 1. The van der Waals surface area contributed by atoms with Gasteiger partial charge in [-0.25, -0.2) is 4.98 Å². The second kappa shape index (κ2) is 7.70. The number of hydrogen-bond donors (Lipinski definition) is 1. The maximum Gasteiger partial charge on any atom is 0.226 e. The lowest BCUT2D eigenvalue weighted by molar-refractivity contribution is -0.121. The number of nitrogens with zero attached hydrogens (tertiary/aromatic N) is 2. The number of amides is 1. The molecule has 1 aromatic heterocycles. The topological polar surface area (TPSA) is 45.2 Å². The molecule has 1 aliphatic rings. The zero-order chi connectivity index (χ0) is 16.1. The molecule has 122 valence electrons. The van der Waals surface area contributed by atoms with Gasteiger partial charge in [0.25, 0.3) is 0 Å². The quantitative estimate of drug-likeness (QED) is 0.885. The van der Waals surface area contributed by atoms with Gasteiger partial charge in [-0.2, -0.15) is 0 Å². The highest BCUT2D eigenvalue weighted by Gasteiger charge is 2.15. The first-order valence-corrected chi connectivity index (χ1v) is 9.08. The van der Waals surface area contributed by atoms with Crippen molar-refractivity contribution in [2.45, 2.75) is 38.8 Å². The van der Waals surface area contributed by atoms with E-state index in [1.807, 2.05) is 42.6 Å². The Morgan fingerprint density at radius 1 is 1.30 bits per heavy atom. The Balaban J connectivity index is 1.50. The van der Waals surface area contributed by atoms with Crippen LogP contribution in [0.15, 0.2) is 35.7 Å². The SMILES string of the molecule is CC(NC(=O)Cc1csc(CN2CCCC2)n1)c1ccccc1. The molecule has 0 radical (unpaired) electrons. The van der Waals surface area contributed by atoms with Gasteiger partial charge in [0.1, 0.15) is 5.01 Å². The van der Waals surface area contributed by atoms with E-state index in [0.717, 1.165) is 22.8 Å². The smallest absolute Gasteiger partial charge is 0.226 e. The number of likely N-dealkylation sites (tertiary alicyclic amines) is 1. The molecule has 1 amide bonds. The lowest BCUT2D eigenvalue weighted by Gasteiger charge is -2.13. The van der Waals surface area contributed by atoms with Crippen molar-refractivity contribution in [3.63, 3.8) is 0 Å². The normalized spacial score (nSPS) is 16.4. The number of aromatic nitrogens is 1. The van der Waals surface area contributed by atoms with E-state index in [2.05, 4.69) is 15.2 Å². The highest BCUT2D eigenvalue weighted by molar-refractivity contribution is 7.09. The van der Waals surface area contributed by atoms with Gasteiger partial charge in [-0.1, -0.05) is 30.3 Å². The molecule has 1 aromatic carbocycles. The molecular weight excluding hydrogens is 306 g/mol. The summed E-state index contributed by atoms with van der Waals surface area (Å²) in [6, 6.07) is 10.0. The van der Waals surface area contributed by atoms with Crippen molar-refractivity contribution in [2.24, 2.45) is 0 Å². The maximum absolute atomic E-state index is 12.2. The average Bonchev–Trinajstić information content (AvgIpc) is 3.21. The highest BCUT2D eigenvalue weighted by Crippen LogP contribution is 2.17. The molecule has 23 heavy (non-hydrogen) atoms. The summed E-state index contributed by atoms with van der Waals surface area (Å²) in [7, 11) is 0. The Kier molecular flexibility index (Phi) is 5.41. The van der Waals surface area contributed by atoms with Crippen molar-refractivity contribution in [1.82, 2.24) is 15.2 Å². The Morgan fingerprint density at radius 3 is 2.78 bits per heavy atom. The summed E-state index contributed by atoms with van der Waals surface area (Å²) in [5.41, 5.74) is 2.00. The van der Waals surface area contributed by atoms with Gasteiger partial charge in [-0.15, -0.1) is 11.3 Å². The molecule has 1 fully saturated rings. The molecule has 5 heteroatoms. The Hall–Kier alpha value is -1.72. The Bertz CT molecular complexity index is 635. The second-order valence-corrected chi connectivity index (χ2v) is 7.04. The molecule has 1 aliphatic heterocycles. The number of benzene rings is 1. The molecule has 1 N–H and O–H groups in total. The summed E-state index contributed by atoms with van der Waals surface area (Å²) in [6.07, 6.45) is 2.93. The van der Waals surface area contributed by atoms with Crippen molar-refractivity contribution in [1.29, 1.82) is 0 Å². The van der Waals surface area contributed by atoms with E-state index in [1.54, 1.807) is 11.3 Å². The predicted octanol–water partition coefficient (Wildman–Crippen LogP) is 3.16. The van der Waals surface area contributed by atoms with Gasteiger partial charge in [0.2, 0.25) is 5.91 Å². The summed E-state index contributed by atoms with van der Waals surface area (Å²) in [6.45, 7) is 5.27. The van der Waals surface area contributed by atoms with Crippen LogP contribution in [0.25, 0.3) is 0 Å². The van der Waals surface area contributed by atoms with E-state index >= 15 is 0 Å². The molecule has 1 unspecified atom stereocenters. The third kappa shape index (κ3) is 4.62. The average molecular weight is 329 g/mol. The van der Waals surface area contributed by atoms with Gasteiger partial charge in [0.15, 0.2) is 0 Å². The second-order valence-electron chi connectivity index (χ2n) is 6.09. The lowest BCUT2D eigenvalue weighted by atomic mass is 10.1. The summed E-state index contributed by atoms with van der Waals surface area (Å²) >= 11 is 1.66. The van der Waals surface area contributed by atoms with Crippen LogP contribution < -0.4 is 5.32 Å². The van der Waals surface area contributed by atoms with Crippen molar-refractivity contribution >= 4 is 17.2 Å². The van der Waals surface area contributed by atoms with Crippen LogP contribution in [0.4, 0.5) is 0 Å². The van der Waals surface area contributed by atoms with Crippen LogP contribution in [0.5, 0.6) is 0 Å². The number of nitrogens with one attached hydrogen (secondary N) is 1. The van der Waals surface area contributed by atoms with Gasteiger partial charge >= 0.3 is 0 Å². The number of carbonyl (C=O) groups excluding carboxylic acids is 1. The fraction of sp³-hybridized carbons (Fsp3) is 0.444. The fourth-order valence-electron chi connectivity index (χ4n) is 2.92. The zero-order valence-electron chi connectivity index (χ0n) is 13.5. The highest BCUT2D eigenvalue weighted by atomic mass is 32.1. The monoisotopic (exact) mass is 329 g/mol. The van der Waals surface area contributed by atoms with Gasteiger partial charge < -0.3 is 5.32 Å². The molecule has 2 heterocycles. The molecule has 0 spiro atoms. The number of thiazole rings is 1. The molecule has 4 nitrogen and oxygen atoms in total. The van der Waals surface area contributed by atoms with Crippen LogP contribution in [0.1, 0.15) is 42.1 Å². The summed E-state index contributed by atoms with van der Waals surface area (Å²) in [5, 5.41) is 6.17. The van der Waals surface area contributed by atoms with Gasteiger partial charge in [0, 0.05) is 5.38 Å². The largest absolute Gasteiger partial charge is 0.349 e. The Morgan fingerprint density at radius 2 is 2.04 bits per heavy atom. The first-order valence-electron chi connectivity index (χ1n) is 8.20. The van der Waals surface area contributed by atoms with Crippen LogP contribution in [0, 0.1) is 0 Å². The van der Waals surface area contributed by atoms with Gasteiger partial charge in [-0.05, 0) is 38.4 Å². The fourth-order valence-corrected chi connectivity index (χ4v) is 3.75. The summed E-state index contributed by atoms with van der Waals surface area (Å²) < 4.78 is 0. The minimum atomic E-state index is 0.0198. The van der Waals surface area contributed by atoms with Crippen molar-refractivity contribution in [3.8, 4) is 0 Å². The van der Waals surface area contributed by atoms with Crippen LogP contribution in [0.3, 0.4) is 0 Å². The van der Waals surface area contributed by atoms with Crippen molar-refractivity contribution < 1.29 is 4.79 Å². The molecule has 1 atom stereocenters. The zero-order valence-corrected chi connectivity index (χ0v) is 14.3. The third-order valence-corrected chi connectivity index (χ3v) is 5.06. The first kappa shape index (κ1) is 16.1. The van der Waals surface area contributed by atoms with Gasteiger partial charge in [0.05, 0.1) is 24.7 Å². The van der Waals surface area contributed by atoms with Crippen molar-refractivity contribution in [3.05, 3.63) is 52.0 Å². The van der Waals surface area contributed by atoms with Crippen LogP contribution in [-0.4, -0.2) is 28.9 Å². The predicted molar refractivity (Wildman–Crippen MR) is 93.3 cm³/mol. The van der Waals surface area contributed by atoms with E-state index in [1.165, 1.54) is 25.9 Å². The molecule has 3 rings (SSSR count). The van der Waals surface area contributed by atoms with Gasteiger partial charge in [-0.3, -0.25) is 9.69 Å². The van der Waals surface area contributed by atoms with Crippen LogP contribution in [-0.2, 0) is 17.8 Å². The minimum absolute atomic E-state index is 0.0198. The molecule has 0 aliphatic carbocycles. The number of rotatable bonds is 6. The maximum atomic E-state index is 12.2. The van der Waals surface area contributed by atoms with Crippen molar-refractivity contribution in [2.75, 3.05) is 13.1 Å². The Labute approximate surface area is 141 Å². The third-order valence-electron chi connectivity index (χ3n) is 4.18. The van der Waals surface area contributed by atoms with Crippen LogP contribution in [0.2, 0.25) is 0 Å². The standard InChI is InChI=1S/C18H23N3OS/c1-14(15-7-3-2-4-8-15)19-17(22)11-16-13-23-18(20-16)12-21-9-5-6-10-21/h2-4,7-8,13-14H,5-6,9-12H2,1H3,(H,19,22). The van der Waals surface area contributed by atoms with Crippen LogP contribution >= 0.6 is 11.3 Å². The molecule has 0 bridgehead atoms. The van der Waals surface area contributed by atoms with E-state index in [9.17, 15) is 4.79 Å². The molecular formula is C18H23N3OS. The number of hydrogen-bond acceptors (Lipinski definition) is 4. The van der Waals surface area contributed by atoms with E-state index in [-0.39, 0.29) is 11.9 Å². The minimum Gasteiger partial charge on any atom is -0.349 e. The molecule has 2 aromatic rings.